The predicted octanol–water partition coefficient (Wildman–Crippen LogP) is 3.37. The zero-order valence-electron chi connectivity index (χ0n) is 10.3. The van der Waals surface area contributed by atoms with E-state index in [1.807, 2.05) is 25.1 Å². The van der Waals surface area contributed by atoms with E-state index in [1.54, 1.807) is 0 Å². The molecule has 6 heteroatoms. The molecule has 100 valence electrons. The number of nitrogens with zero attached hydrogens (tertiary/aromatic N) is 2. The van der Waals surface area contributed by atoms with Gasteiger partial charge in [-0.1, -0.05) is 27.5 Å². The van der Waals surface area contributed by atoms with Crippen LogP contribution in [0.5, 0.6) is 0 Å². The lowest BCUT2D eigenvalue weighted by Crippen LogP contribution is -2.48. The first-order chi connectivity index (χ1) is 8.94. The highest BCUT2D eigenvalue weighted by molar-refractivity contribution is 9.10. The first-order valence-electron chi connectivity index (χ1n) is 6.05. The number of aromatic nitrogens is 2. The van der Waals surface area contributed by atoms with Crippen LogP contribution < -0.4 is 5.32 Å². The van der Waals surface area contributed by atoms with E-state index in [1.165, 1.54) is 0 Å². The van der Waals surface area contributed by atoms with Crippen LogP contribution in [0.1, 0.15) is 19.8 Å². The van der Waals surface area contributed by atoms with E-state index < -0.39 is 5.60 Å². The molecule has 1 fully saturated rings. The molecule has 0 spiro atoms. The van der Waals surface area contributed by atoms with Gasteiger partial charge in [-0.3, -0.25) is 0 Å². The molecule has 2 N–H and O–H groups in total. The summed E-state index contributed by atoms with van der Waals surface area (Å²) in [5, 5.41) is 23.4. The molecule has 3 rings (SSSR count). The summed E-state index contributed by atoms with van der Waals surface area (Å²) in [5.74, 6) is 0.709. The second-order valence-corrected chi connectivity index (χ2v) is 6.55. The molecule has 0 saturated heterocycles. The fourth-order valence-electron chi connectivity index (χ4n) is 2.50. The molecule has 0 unspecified atom stereocenters. The van der Waals surface area contributed by atoms with Gasteiger partial charge in [-0.2, -0.15) is 0 Å². The molecule has 1 aliphatic rings. The second kappa shape index (κ2) is 4.58. The number of hydrogen-bond donors (Lipinski definition) is 2. The van der Waals surface area contributed by atoms with Gasteiger partial charge in [-0.05, 0) is 38.0 Å². The molecular weight excluding hydrogens is 330 g/mol. The van der Waals surface area contributed by atoms with Crippen molar-refractivity contribution in [1.29, 1.82) is 0 Å². The van der Waals surface area contributed by atoms with Crippen LogP contribution in [-0.4, -0.2) is 26.9 Å². The normalized spacial score (nSPS) is 26.2. The SMILES string of the molecule is CC1(O)CC(Nc2nnc(Cl)c3ccc(Br)cc23)C1. The molecule has 0 atom stereocenters. The molecule has 2 aromatic rings. The van der Waals surface area contributed by atoms with Gasteiger partial charge in [0.05, 0.1) is 5.60 Å². The maximum absolute atomic E-state index is 9.76. The van der Waals surface area contributed by atoms with Crippen molar-refractivity contribution in [2.75, 3.05) is 5.32 Å². The third-order valence-electron chi connectivity index (χ3n) is 3.41. The van der Waals surface area contributed by atoms with Crippen LogP contribution in [0.3, 0.4) is 0 Å². The fraction of sp³-hybridized carbons (Fsp3) is 0.385. The maximum Gasteiger partial charge on any atom is 0.159 e. The standard InChI is InChI=1S/C13H13BrClN3O/c1-13(19)5-8(6-13)16-12-10-4-7(14)2-3-9(10)11(15)17-18-12/h2-4,8,19H,5-6H2,1H3,(H,16,18). The fourth-order valence-corrected chi connectivity index (χ4v) is 3.06. The third-order valence-corrected chi connectivity index (χ3v) is 4.18. The lowest BCUT2D eigenvalue weighted by Gasteiger charge is -2.41. The molecule has 1 saturated carbocycles. The zero-order chi connectivity index (χ0) is 13.6. The Labute approximate surface area is 124 Å². The van der Waals surface area contributed by atoms with Crippen LogP contribution in [0.4, 0.5) is 5.82 Å². The van der Waals surface area contributed by atoms with E-state index in [0.717, 1.165) is 15.2 Å². The Hall–Kier alpha value is -0.910. The maximum atomic E-state index is 9.76. The number of rotatable bonds is 2. The summed E-state index contributed by atoms with van der Waals surface area (Å²) >= 11 is 9.50. The summed E-state index contributed by atoms with van der Waals surface area (Å²) in [6, 6.07) is 6.04. The Bertz CT molecular complexity index is 639. The van der Waals surface area contributed by atoms with Gasteiger partial charge >= 0.3 is 0 Å². The average Bonchev–Trinajstić information content (AvgIpc) is 2.30. The van der Waals surface area contributed by atoms with Gasteiger partial charge in [0.2, 0.25) is 0 Å². The molecular formula is C13H13BrClN3O. The van der Waals surface area contributed by atoms with Gasteiger partial charge in [0.15, 0.2) is 11.0 Å². The molecule has 1 heterocycles. The van der Waals surface area contributed by atoms with Crippen molar-refractivity contribution >= 4 is 44.1 Å². The van der Waals surface area contributed by atoms with Crippen LogP contribution in [-0.2, 0) is 0 Å². The number of anilines is 1. The molecule has 0 bridgehead atoms. The highest BCUT2D eigenvalue weighted by Gasteiger charge is 2.38. The highest BCUT2D eigenvalue weighted by Crippen LogP contribution is 2.35. The van der Waals surface area contributed by atoms with Crippen molar-refractivity contribution in [1.82, 2.24) is 10.2 Å². The number of aliphatic hydroxyl groups is 1. The average molecular weight is 343 g/mol. The van der Waals surface area contributed by atoms with Gasteiger partial charge in [-0.25, -0.2) is 0 Å². The molecule has 0 radical (unpaired) electrons. The van der Waals surface area contributed by atoms with E-state index in [0.29, 0.717) is 23.8 Å². The summed E-state index contributed by atoms with van der Waals surface area (Å²) in [6.45, 7) is 1.84. The third kappa shape index (κ3) is 2.55. The lowest BCUT2D eigenvalue weighted by molar-refractivity contribution is -0.0235. The number of hydrogen-bond acceptors (Lipinski definition) is 4. The largest absolute Gasteiger partial charge is 0.390 e. The molecule has 1 aromatic heterocycles. The van der Waals surface area contributed by atoms with Crippen molar-refractivity contribution in [3.8, 4) is 0 Å². The second-order valence-electron chi connectivity index (χ2n) is 5.28. The summed E-state index contributed by atoms with van der Waals surface area (Å²) in [5.41, 5.74) is -0.562. The Kier molecular flexibility index (Phi) is 3.15. The minimum atomic E-state index is -0.562. The van der Waals surface area contributed by atoms with E-state index in [4.69, 9.17) is 11.6 Å². The molecule has 4 nitrogen and oxygen atoms in total. The number of benzene rings is 1. The zero-order valence-corrected chi connectivity index (χ0v) is 12.7. The minimum Gasteiger partial charge on any atom is -0.390 e. The van der Waals surface area contributed by atoms with Crippen molar-refractivity contribution in [3.05, 3.63) is 27.8 Å². The van der Waals surface area contributed by atoms with Crippen LogP contribution in [0.2, 0.25) is 5.15 Å². The van der Waals surface area contributed by atoms with Gasteiger partial charge < -0.3 is 10.4 Å². The quantitative estimate of drug-likeness (QED) is 0.878. The van der Waals surface area contributed by atoms with Crippen LogP contribution in [0.25, 0.3) is 10.8 Å². The molecule has 0 aliphatic heterocycles. The molecule has 1 aromatic carbocycles. The molecule has 19 heavy (non-hydrogen) atoms. The Morgan fingerprint density at radius 2 is 2.11 bits per heavy atom. The van der Waals surface area contributed by atoms with Crippen LogP contribution in [0, 0.1) is 0 Å². The van der Waals surface area contributed by atoms with Crippen LogP contribution >= 0.6 is 27.5 Å². The van der Waals surface area contributed by atoms with E-state index in [-0.39, 0.29) is 6.04 Å². The van der Waals surface area contributed by atoms with Crippen molar-refractivity contribution in [2.24, 2.45) is 0 Å². The van der Waals surface area contributed by atoms with Gasteiger partial charge in [0, 0.05) is 21.3 Å². The Morgan fingerprint density at radius 3 is 2.79 bits per heavy atom. The Morgan fingerprint density at radius 1 is 1.37 bits per heavy atom. The van der Waals surface area contributed by atoms with E-state index in [2.05, 4.69) is 31.4 Å². The number of nitrogens with one attached hydrogen (secondary N) is 1. The summed E-state index contributed by atoms with van der Waals surface area (Å²) in [7, 11) is 0. The van der Waals surface area contributed by atoms with E-state index >= 15 is 0 Å². The van der Waals surface area contributed by atoms with Crippen molar-refractivity contribution in [2.45, 2.75) is 31.4 Å². The summed E-state index contributed by atoms with van der Waals surface area (Å²) < 4.78 is 0.965. The topological polar surface area (TPSA) is 58.0 Å². The number of fused-ring (bicyclic) bond motifs is 1. The molecule has 1 aliphatic carbocycles. The number of halogens is 2. The van der Waals surface area contributed by atoms with Crippen LogP contribution in [0.15, 0.2) is 22.7 Å². The highest BCUT2D eigenvalue weighted by atomic mass is 79.9. The van der Waals surface area contributed by atoms with Gasteiger partial charge in [-0.15, -0.1) is 10.2 Å². The van der Waals surface area contributed by atoms with Crippen molar-refractivity contribution < 1.29 is 5.11 Å². The van der Waals surface area contributed by atoms with E-state index in [9.17, 15) is 5.11 Å². The summed E-state index contributed by atoms with van der Waals surface area (Å²) in [6.07, 6.45) is 1.43. The predicted molar refractivity (Wildman–Crippen MR) is 79.5 cm³/mol. The van der Waals surface area contributed by atoms with Gasteiger partial charge in [0.25, 0.3) is 0 Å². The van der Waals surface area contributed by atoms with Crippen molar-refractivity contribution in [3.63, 3.8) is 0 Å². The molecule has 0 amide bonds. The monoisotopic (exact) mass is 341 g/mol. The van der Waals surface area contributed by atoms with Gasteiger partial charge in [0.1, 0.15) is 0 Å². The Balaban J connectivity index is 1.95. The summed E-state index contributed by atoms with van der Waals surface area (Å²) in [4.78, 5) is 0. The first-order valence-corrected chi connectivity index (χ1v) is 7.22. The first kappa shape index (κ1) is 13.1. The lowest BCUT2D eigenvalue weighted by atomic mass is 9.77. The minimum absolute atomic E-state index is 0.229. The smallest absolute Gasteiger partial charge is 0.159 e.